The van der Waals surface area contributed by atoms with Gasteiger partial charge in [-0.3, -0.25) is 0 Å². The summed E-state index contributed by atoms with van der Waals surface area (Å²) in [5.41, 5.74) is 17.4. The van der Waals surface area contributed by atoms with E-state index in [0.717, 1.165) is 56.6 Å². The van der Waals surface area contributed by atoms with Gasteiger partial charge in [0.25, 0.3) is 0 Å². The number of aryl methyl sites for hydroxylation is 1. The second kappa shape index (κ2) is 12.9. The third-order valence-corrected chi connectivity index (χ3v) is 11.3. The predicted molar refractivity (Wildman–Crippen MR) is 229 cm³/mol. The van der Waals surface area contributed by atoms with Gasteiger partial charge in [-0.25, -0.2) is 0 Å². The molecular formula is C52H40N2O. The molecule has 0 unspecified atom stereocenters. The van der Waals surface area contributed by atoms with Crippen LogP contribution in [0.2, 0.25) is 0 Å². The van der Waals surface area contributed by atoms with Crippen LogP contribution in [0.15, 0.2) is 188 Å². The summed E-state index contributed by atoms with van der Waals surface area (Å²) in [6.45, 7) is 6.84. The number of para-hydroxylation sites is 3. The highest BCUT2D eigenvalue weighted by Gasteiger charge is 2.42. The van der Waals surface area contributed by atoms with Crippen LogP contribution in [0, 0.1) is 6.92 Å². The van der Waals surface area contributed by atoms with Crippen LogP contribution in [-0.4, -0.2) is 0 Å². The molecule has 0 bridgehead atoms. The maximum absolute atomic E-state index is 6.76. The Morgan fingerprint density at radius 1 is 0.418 bits per heavy atom. The van der Waals surface area contributed by atoms with E-state index < -0.39 is 0 Å². The topological polar surface area (TPSA) is 15.7 Å². The molecule has 10 rings (SSSR count). The molecule has 264 valence electrons. The zero-order valence-corrected chi connectivity index (χ0v) is 31.2. The molecule has 0 aromatic heterocycles. The van der Waals surface area contributed by atoms with Crippen LogP contribution >= 0.6 is 0 Å². The van der Waals surface area contributed by atoms with E-state index in [1.54, 1.807) is 0 Å². The van der Waals surface area contributed by atoms with Gasteiger partial charge in [0, 0.05) is 22.5 Å². The van der Waals surface area contributed by atoms with Crippen LogP contribution in [0.3, 0.4) is 0 Å². The van der Waals surface area contributed by atoms with Gasteiger partial charge >= 0.3 is 0 Å². The Balaban J connectivity index is 1.02. The van der Waals surface area contributed by atoms with Crippen molar-refractivity contribution >= 4 is 34.1 Å². The van der Waals surface area contributed by atoms with E-state index in [9.17, 15) is 0 Å². The van der Waals surface area contributed by atoms with E-state index in [1.165, 1.54) is 39.1 Å². The van der Waals surface area contributed by atoms with Crippen molar-refractivity contribution in [1.82, 2.24) is 0 Å². The Morgan fingerprint density at radius 2 is 0.982 bits per heavy atom. The Hall–Kier alpha value is -6.84. The molecule has 2 heterocycles. The van der Waals surface area contributed by atoms with Crippen molar-refractivity contribution < 1.29 is 4.74 Å². The van der Waals surface area contributed by atoms with Crippen molar-refractivity contribution in [2.75, 3.05) is 9.80 Å². The lowest BCUT2D eigenvalue weighted by molar-refractivity contribution is 0.471. The Morgan fingerprint density at radius 3 is 1.75 bits per heavy atom. The summed E-state index contributed by atoms with van der Waals surface area (Å²) in [6, 6.07) is 67.5. The maximum atomic E-state index is 6.76. The lowest BCUT2D eigenvalue weighted by atomic mass is 9.72. The Kier molecular flexibility index (Phi) is 7.71. The minimum Gasteiger partial charge on any atom is -0.453 e. The molecule has 8 aromatic rings. The van der Waals surface area contributed by atoms with E-state index in [1.807, 2.05) is 0 Å². The normalized spacial score (nSPS) is 13.3. The van der Waals surface area contributed by atoms with Crippen LogP contribution in [0.4, 0.5) is 34.1 Å². The van der Waals surface area contributed by atoms with E-state index in [4.69, 9.17) is 4.74 Å². The lowest BCUT2D eigenvalue weighted by Crippen LogP contribution is -2.32. The average molecular weight is 709 g/mol. The quantitative estimate of drug-likeness (QED) is 0.171. The predicted octanol–water partition coefficient (Wildman–Crippen LogP) is 14.7. The zero-order chi connectivity index (χ0) is 37.1. The van der Waals surface area contributed by atoms with Crippen molar-refractivity contribution in [2.24, 2.45) is 0 Å². The smallest absolute Gasteiger partial charge is 0.152 e. The summed E-state index contributed by atoms with van der Waals surface area (Å²) in [7, 11) is 0. The van der Waals surface area contributed by atoms with Gasteiger partial charge in [0.2, 0.25) is 0 Å². The number of fused-ring (bicyclic) bond motifs is 4. The summed E-state index contributed by atoms with van der Waals surface area (Å²) in [5, 5.41) is 0. The molecule has 2 aliphatic rings. The molecule has 0 amide bonds. The van der Waals surface area contributed by atoms with Gasteiger partial charge in [-0.1, -0.05) is 141 Å². The summed E-state index contributed by atoms with van der Waals surface area (Å²) in [6.07, 6.45) is 0. The number of benzene rings is 8. The molecule has 3 nitrogen and oxygen atoms in total. The molecule has 0 radical (unpaired) electrons. The fourth-order valence-corrected chi connectivity index (χ4v) is 8.51. The number of anilines is 6. The summed E-state index contributed by atoms with van der Waals surface area (Å²) in [5.74, 6) is 1.78. The molecule has 0 saturated heterocycles. The minimum absolute atomic E-state index is 0.219. The van der Waals surface area contributed by atoms with Gasteiger partial charge in [-0.15, -0.1) is 0 Å². The highest BCUT2D eigenvalue weighted by molar-refractivity contribution is 5.95. The highest BCUT2D eigenvalue weighted by Crippen LogP contribution is 2.61. The molecule has 0 fully saturated rings. The number of hydrogen-bond acceptors (Lipinski definition) is 3. The maximum Gasteiger partial charge on any atom is 0.152 e. The lowest BCUT2D eigenvalue weighted by Gasteiger charge is -2.45. The molecule has 55 heavy (non-hydrogen) atoms. The molecule has 0 aliphatic carbocycles. The van der Waals surface area contributed by atoms with Crippen LogP contribution in [0.5, 0.6) is 11.5 Å². The SMILES string of the molecule is Cc1cccc2c1N1c3ccccc3C(C)(C)c3cc(-c4ccc(-c5cccc(N(c6ccccc6)c6ccc(-c7ccccc7)cc6)c5)cc4)cc(c31)O2. The van der Waals surface area contributed by atoms with E-state index >= 15 is 0 Å². The average Bonchev–Trinajstić information content (AvgIpc) is 3.23. The van der Waals surface area contributed by atoms with Crippen molar-refractivity contribution in [3.05, 3.63) is 205 Å². The van der Waals surface area contributed by atoms with Crippen molar-refractivity contribution in [1.29, 1.82) is 0 Å². The van der Waals surface area contributed by atoms with Gasteiger partial charge < -0.3 is 14.5 Å². The monoisotopic (exact) mass is 708 g/mol. The molecule has 0 spiro atoms. The highest BCUT2D eigenvalue weighted by atomic mass is 16.5. The van der Waals surface area contributed by atoms with Crippen molar-refractivity contribution in [2.45, 2.75) is 26.2 Å². The number of ether oxygens (including phenoxy) is 1. The Labute approximate surface area is 323 Å². The second-order valence-electron chi connectivity index (χ2n) is 15.1. The van der Waals surface area contributed by atoms with E-state index in [0.29, 0.717) is 0 Å². The first kappa shape index (κ1) is 32.8. The van der Waals surface area contributed by atoms with Crippen LogP contribution in [-0.2, 0) is 5.41 Å². The van der Waals surface area contributed by atoms with Crippen molar-refractivity contribution in [3.8, 4) is 44.9 Å². The summed E-state index contributed by atoms with van der Waals surface area (Å²) < 4.78 is 6.76. The minimum atomic E-state index is -0.219. The van der Waals surface area contributed by atoms with Gasteiger partial charge in [0.1, 0.15) is 0 Å². The van der Waals surface area contributed by atoms with Crippen LogP contribution in [0.1, 0.15) is 30.5 Å². The number of nitrogens with zero attached hydrogens (tertiary/aromatic N) is 2. The van der Waals surface area contributed by atoms with Crippen LogP contribution in [0.25, 0.3) is 33.4 Å². The standard InChI is InChI=1S/C52H40N2O/c1-35-14-12-23-48-50(35)54-47-22-11-10-21-45(47)52(2,3)46-33-41(34-49(55-48)51(46)54)39-26-24-38(25-27-39)40-17-13-20-44(32-40)53(42-18-8-5-9-19-42)43-30-28-37(29-31-43)36-15-6-4-7-16-36/h4-34H,1-3H3. The molecule has 0 N–H and O–H groups in total. The van der Waals surface area contributed by atoms with Gasteiger partial charge in [-0.2, -0.15) is 0 Å². The van der Waals surface area contributed by atoms with E-state index in [2.05, 4.69) is 219 Å². The molecule has 0 saturated carbocycles. The molecular weight excluding hydrogens is 669 g/mol. The summed E-state index contributed by atoms with van der Waals surface area (Å²) >= 11 is 0. The largest absolute Gasteiger partial charge is 0.453 e. The molecule has 8 aromatic carbocycles. The number of rotatable bonds is 6. The molecule has 3 heteroatoms. The molecule has 0 atom stereocenters. The Bertz CT molecular complexity index is 2700. The third kappa shape index (κ3) is 5.51. The summed E-state index contributed by atoms with van der Waals surface area (Å²) in [4.78, 5) is 4.75. The van der Waals surface area contributed by atoms with E-state index in [-0.39, 0.29) is 5.41 Å². The molecule has 2 aliphatic heterocycles. The van der Waals surface area contributed by atoms with Crippen LogP contribution < -0.4 is 14.5 Å². The second-order valence-corrected chi connectivity index (χ2v) is 15.1. The first-order valence-corrected chi connectivity index (χ1v) is 19.0. The van der Waals surface area contributed by atoms with Crippen molar-refractivity contribution in [3.63, 3.8) is 0 Å². The fourth-order valence-electron chi connectivity index (χ4n) is 8.51. The number of hydrogen-bond donors (Lipinski definition) is 0. The van der Waals surface area contributed by atoms with Gasteiger partial charge in [0.05, 0.1) is 17.1 Å². The first-order chi connectivity index (χ1) is 26.9. The fraction of sp³-hybridized carbons (Fsp3) is 0.0769. The first-order valence-electron chi connectivity index (χ1n) is 19.0. The van der Waals surface area contributed by atoms with Gasteiger partial charge in [0.15, 0.2) is 11.5 Å². The third-order valence-electron chi connectivity index (χ3n) is 11.3. The zero-order valence-electron chi connectivity index (χ0n) is 31.2. The van der Waals surface area contributed by atoms with Gasteiger partial charge in [-0.05, 0) is 118 Å².